The van der Waals surface area contributed by atoms with Gasteiger partial charge in [0.25, 0.3) is 0 Å². The monoisotopic (exact) mass is 534 g/mol. The molecule has 3 aromatic rings. The van der Waals surface area contributed by atoms with Gasteiger partial charge in [-0.05, 0) is 42.0 Å². The van der Waals surface area contributed by atoms with Crippen LogP contribution in [0, 0.1) is 0 Å². The summed E-state index contributed by atoms with van der Waals surface area (Å²) in [5.74, 6) is 2.59. The van der Waals surface area contributed by atoms with Crippen LogP contribution < -0.4 is 15.4 Å². The molecule has 7 heteroatoms. The fourth-order valence-corrected chi connectivity index (χ4v) is 3.44. The normalized spacial score (nSPS) is 10.8. The zero-order valence-corrected chi connectivity index (χ0v) is 20.1. The Morgan fingerprint density at radius 3 is 2.60 bits per heavy atom. The molecule has 0 fully saturated rings. The van der Waals surface area contributed by atoms with Gasteiger partial charge in [0, 0.05) is 37.0 Å². The average molecular weight is 534 g/mol. The van der Waals surface area contributed by atoms with Crippen molar-refractivity contribution in [3.8, 4) is 5.75 Å². The molecule has 2 N–H and O–H groups in total. The molecule has 5 nitrogen and oxygen atoms in total. The molecule has 0 radical (unpaired) electrons. The van der Waals surface area contributed by atoms with Crippen molar-refractivity contribution in [3.05, 3.63) is 90.3 Å². The van der Waals surface area contributed by atoms with Crippen LogP contribution in [-0.2, 0) is 13.2 Å². The largest absolute Gasteiger partial charge is 0.487 e. The maximum absolute atomic E-state index is 5.85. The van der Waals surface area contributed by atoms with E-state index in [9.17, 15) is 0 Å². The smallest absolute Gasteiger partial charge is 0.191 e. The van der Waals surface area contributed by atoms with Crippen LogP contribution in [0.4, 0.5) is 0 Å². The SMILES string of the molecule is CN=C(NCCSc1ccccc1)NCc1cccc(OCc2ccccn2)c1.I. The Kier molecular flexibility index (Phi) is 11.1. The van der Waals surface area contributed by atoms with Gasteiger partial charge in [-0.15, -0.1) is 35.7 Å². The first-order chi connectivity index (χ1) is 14.3. The van der Waals surface area contributed by atoms with Gasteiger partial charge in [0.1, 0.15) is 12.4 Å². The summed E-state index contributed by atoms with van der Waals surface area (Å²) in [4.78, 5) is 9.85. The van der Waals surface area contributed by atoms with Crippen molar-refractivity contribution in [1.29, 1.82) is 0 Å². The second kappa shape index (κ2) is 13.9. The highest BCUT2D eigenvalue weighted by atomic mass is 127. The van der Waals surface area contributed by atoms with E-state index < -0.39 is 0 Å². The van der Waals surface area contributed by atoms with Gasteiger partial charge in [-0.2, -0.15) is 0 Å². The molecule has 1 heterocycles. The molecule has 0 atom stereocenters. The van der Waals surface area contributed by atoms with E-state index in [0.717, 1.165) is 35.3 Å². The van der Waals surface area contributed by atoms with Gasteiger partial charge < -0.3 is 15.4 Å². The minimum Gasteiger partial charge on any atom is -0.487 e. The standard InChI is InChI=1S/C23H26N4OS.HI/c1-24-23(26-14-15-29-22-11-3-2-4-12-22)27-17-19-8-7-10-21(16-19)28-18-20-9-5-6-13-25-20;/h2-13,16H,14-15,17-18H2,1H3,(H2,24,26,27);1H. The lowest BCUT2D eigenvalue weighted by atomic mass is 10.2. The third-order valence-electron chi connectivity index (χ3n) is 4.10. The van der Waals surface area contributed by atoms with Gasteiger partial charge in [-0.1, -0.05) is 36.4 Å². The van der Waals surface area contributed by atoms with Crippen molar-refractivity contribution in [2.24, 2.45) is 4.99 Å². The van der Waals surface area contributed by atoms with E-state index in [0.29, 0.717) is 13.2 Å². The number of guanidine groups is 1. The molecule has 0 saturated heterocycles. The number of aromatic nitrogens is 1. The Labute approximate surface area is 199 Å². The fourth-order valence-electron chi connectivity index (χ4n) is 2.65. The topological polar surface area (TPSA) is 58.5 Å². The molecule has 0 aliphatic rings. The van der Waals surface area contributed by atoms with Crippen molar-refractivity contribution in [2.45, 2.75) is 18.0 Å². The summed E-state index contributed by atoms with van der Waals surface area (Å²) >= 11 is 1.83. The molecular weight excluding hydrogens is 507 g/mol. The predicted molar refractivity (Wildman–Crippen MR) is 136 cm³/mol. The fraction of sp³-hybridized carbons (Fsp3) is 0.217. The molecule has 0 unspecified atom stereocenters. The van der Waals surface area contributed by atoms with Crippen molar-refractivity contribution < 1.29 is 4.74 Å². The lowest BCUT2D eigenvalue weighted by Crippen LogP contribution is -2.37. The number of aliphatic imine (C=N–C) groups is 1. The van der Waals surface area contributed by atoms with Crippen LogP contribution in [0.25, 0.3) is 0 Å². The summed E-state index contributed by atoms with van der Waals surface area (Å²) in [5, 5.41) is 6.70. The summed E-state index contributed by atoms with van der Waals surface area (Å²) < 4.78 is 5.85. The highest BCUT2D eigenvalue weighted by molar-refractivity contribution is 14.0. The van der Waals surface area contributed by atoms with Crippen LogP contribution in [0.5, 0.6) is 5.75 Å². The first-order valence-electron chi connectivity index (χ1n) is 9.57. The van der Waals surface area contributed by atoms with Crippen molar-refractivity contribution in [2.75, 3.05) is 19.3 Å². The summed E-state index contributed by atoms with van der Waals surface area (Å²) in [6.45, 7) is 1.97. The molecule has 0 saturated carbocycles. The average Bonchev–Trinajstić information content (AvgIpc) is 2.79. The second-order valence-electron chi connectivity index (χ2n) is 6.27. The van der Waals surface area contributed by atoms with Crippen LogP contribution >= 0.6 is 35.7 Å². The Hall–Kier alpha value is -2.26. The minimum absolute atomic E-state index is 0. The predicted octanol–water partition coefficient (Wildman–Crippen LogP) is 4.74. The van der Waals surface area contributed by atoms with Crippen LogP contribution in [0.3, 0.4) is 0 Å². The first-order valence-corrected chi connectivity index (χ1v) is 10.6. The highest BCUT2D eigenvalue weighted by Crippen LogP contribution is 2.16. The number of pyridine rings is 1. The van der Waals surface area contributed by atoms with Crippen molar-refractivity contribution in [1.82, 2.24) is 15.6 Å². The van der Waals surface area contributed by atoms with E-state index in [1.54, 1.807) is 13.2 Å². The highest BCUT2D eigenvalue weighted by Gasteiger charge is 2.02. The first kappa shape index (κ1) is 24.0. The molecule has 0 bridgehead atoms. The Balaban J connectivity index is 0.00000320. The summed E-state index contributed by atoms with van der Waals surface area (Å²) in [6.07, 6.45) is 1.77. The summed E-state index contributed by atoms with van der Waals surface area (Å²) in [6, 6.07) is 24.3. The maximum atomic E-state index is 5.85. The molecule has 0 aliphatic carbocycles. The molecular formula is C23H27IN4OS. The van der Waals surface area contributed by atoms with Gasteiger partial charge in [0.15, 0.2) is 5.96 Å². The van der Waals surface area contributed by atoms with Crippen molar-refractivity contribution in [3.63, 3.8) is 0 Å². The lowest BCUT2D eigenvalue weighted by molar-refractivity contribution is 0.301. The molecule has 2 aromatic carbocycles. The van der Waals surface area contributed by atoms with Gasteiger partial charge in [0.2, 0.25) is 0 Å². The zero-order chi connectivity index (χ0) is 20.2. The number of benzene rings is 2. The molecule has 3 rings (SSSR count). The summed E-state index contributed by atoms with van der Waals surface area (Å²) in [7, 11) is 1.78. The molecule has 0 spiro atoms. The number of nitrogens with zero attached hydrogens (tertiary/aromatic N) is 2. The molecule has 0 aliphatic heterocycles. The number of hydrogen-bond acceptors (Lipinski definition) is 4. The van der Waals surface area contributed by atoms with Crippen LogP contribution in [0.15, 0.2) is 88.9 Å². The van der Waals surface area contributed by atoms with Crippen molar-refractivity contribution >= 4 is 41.7 Å². The van der Waals surface area contributed by atoms with Gasteiger partial charge >= 0.3 is 0 Å². The quantitative estimate of drug-likeness (QED) is 0.137. The molecule has 158 valence electrons. The van der Waals surface area contributed by atoms with E-state index in [-0.39, 0.29) is 24.0 Å². The third-order valence-corrected chi connectivity index (χ3v) is 5.12. The van der Waals surface area contributed by atoms with Gasteiger partial charge in [0.05, 0.1) is 5.69 Å². The second-order valence-corrected chi connectivity index (χ2v) is 7.44. The molecule has 30 heavy (non-hydrogen) atoms. The molecule has 0 amide bonds. The Morgan fingerprint density at radius 2 is 1.83 bits per heavy atom. The van der Waals surface area contributed by atoms with E-state index in [2.05, 4.69) is 50.9 Å². The Bertz CT molecular complexity index is 894. The maximum Gasteiger partial charge on any atom is 0.191 e. The van der Waals surface area contributed by atoms with Gasteiger partial charge in [-0.3, -0.25) is 9.98 Å². The third kappa shape index (κ3) is 8.62. The van der Waals surface area contributed by atoms with E-state index in [1.807, 2.05) is 54.2 Å². The minimum atomic E-state index is 0. The molecule has 1 aromatic heterocycles. The van der Waals surface area contributed by atoms with E-state index >= 15 is 0 Å². The number of rotatable bonds is 9. The Morgan fingerprint density at radius 1 is 1.00 bits per heavy atom. The van der Waals surface area contributed by atoms with E-state index in [4.69, 9.17) is 4.74 Å². The number of thioether (sulfide) groups is 1. The van der Waals surface area contributed by atoms with Crippen LogP contribution in [-0.4, -0.2) is 30.3 Å². The lowest BCUT2D eigenvalue weighted by Gasteiger charge is -2.13. The summed E-state index contributed by atoms with van der Waals surface area (Å²) in [5.41, 5.74) is 2.04. The number of halogens is 1. The number of nitrogens with one attached hydrogen (secondary N) is 2. The number of ether oxygens (including phenoxy) is 1. The number of hydrogen-bond donors (Lipinski definition) is 2. The van der Waals surface area contributed by atoms with E-state index in [1.165, 1.54) is 4.90 Å². The van der Waals surface area contributed by atoms with Gasteiger partial charge in [-0.25, -0.2) is 0 Å². The zero-order valence-electron chi connectivity index (χ0n) is 17.0. The van der Waals surface area contributed by atoms with Crippen LogP contribution in [0.1, 0.15) is 11.3 Å². The van der Waals surface area contributed by atoms with Crippen LogP contribution in [0.2, 0.25) is 0 Å².